The molecule has 1 rings (SSSR count). The maximum atomic E-state index is 12.1. The number of aliphatic imine (C=N–C) groups is 1. The zero-order valence-electron chi connectivity index (χ0n) is 14.6. The Morgan fingerprint density at radius 1 is 1.30 bits per heavy atom. The van der Waals surface area contributed by atoms with Crippen LogP contribution >= 0.6 is 35.7 Å². The number of sulfonamides is 1. The van der Waals surface area contributed by atoms with Crippen LogP contribution in [0.4, 0.5) is 0 Å². The summed E-state index contributed by atoms with van der Waals surface area (Å²) in [6, 6.07) is 0. The highest BCUT2D eigenvalue weighted by molar-refractivity contribution is 14.0. The molecule has 0 bridgehead atoms. The second-order valence-corrected chi connectivity index (χ2v) is 9.43. The van der Waals surface area contributed by atoms with Gasteiger partial charge in [0.25, 0.3) is 0 Å². The van der Waals surface area contributed by atoms with Gasteiger partial charge in [0.2, 0.25) is 10.0 Å². The van der Waals surface area contributed by atoms with E-state index in [-0.39, 0.29) is 34.5 Å². The minimum absolute atomic E-state index is 0. The van der Waals surface area contributed by atoms with Crippen LogP contribution < -0.4 is 10.6 Å². The second kappa shape index (κ2) is 11.0. The molecule has 0 aromatic carbocycles. The molecular weight excluding hydrogens is 447 g/mol. The van der Waals surface area contributed by atoms with Gasteiger partial charge >= 0.3 is 0 Å². The van der Waals surface area contributed by atoms with Crippen LogP contribution in [-0.4, -0.2) is 68.2 Å². The third kappa shape index (κ3) is 7.78. The summed E-state index contributed by atoms with van der Waals surface area (Å²) < 4.78 is 25.9. The van der Waals surface area contributed by atoms with Crippen molar-refractivity contribution in [3.63, 3.8) is 0 Å². The average molecular weight is 478 g/mol. The molecular formula is C14H31IN4O2S2. The lowest BCUT2D eigenvalue weighted by atomic mass is 10.1. The minimum Gasteiger partial charge on any atom is -0.355 e. The first-order valence-electron chi connectivity index (χ1n) is 7.93. The summed E-state index contributed by atoms with van der Waals surface area (Å²) in [5.41, 5.74) is 0. The van der Waals surface area contributed by atoms with Crippen molar-refractivity contribution < 1.29 is 8.42 Å². The van der Waals surface area contributed by atoms with Gasteiger partial charge in [-0.25, -0.2) is 12.7 Å². The molecule has 23 heavy (non-hydrogen) atoms. The first-order valence-corrected chi connectivity index (χ1v) is 10.5. The van der Waals surface area contributed by atoms with Gasteiger partial charge in [-0.1, -0.05) is 13.8 Å². The predicted molar refractivity (Wildman–Crippen MR) is 112 cm³/mol. The topological polar surface area (TPSA) is 73.8 Å². The van der Waals surface area contributed by atoms with Gasteiger partial charge in [0.15, 0.2) is 5.96 Å². The Labute approximate surface area is 162 Å². The van der Waals surface area contributed by atoms with Crippen LogP contribution in [-0.2, 0) is 10.0 Å². The normalized spacial score (nSPS) is 22.0. The summed E-state index contributed by atoms with van der Waals surface area (Å²) >= 11 is 1.99. The summed E-state index contributed by atoms with van der Waals surface area (Å²) in [4.78, 5) is 4.16. The summed E-state index contributed by atoms with van der Waals surface area (Å²) in [5, 5.41) is 6.40. The monoisotopic (exact) mass is 478 g/mol. The Kier molecular flexibility index (Phi) is 11.1. The molecule has 1 unspecified atom stereocenters. The molecule has 1 aliphatic rings. The van der Waals surface area contributed by atoms with E-state index in [2.05, 4.69) is 22.5 Å². The van der Waals surface area contributed by atoms with Gasteiger partial charge < -0.3 is 10.6 Å². The van der Waals surface area contributed by atoms with Crippen molar-refractivity contribution in [1.29, 1.82) is 0 Å². The van der Waals surface area contributed by atoms with Crippen LogP contribution in [0.3, 0.4) is 0 Å². The molecule has 138 valence electrons. The molecule has 0 aliphatic carbocycles. The van der Waals surface area contributed by atoms with Crippen molar-refractivity contribution in [3.8, 4) is 0 Å². The highest BCUT2D eigenvalue weighted by Gasteiger charge is 2.29. The maximum absolute atomic E-state index is 12.1. The van der Waals surface area contributed by atoms with Crippen LogP contribution in [0.25, 0.3) is 0 Å². The van der Waals surface area contributed by atoms with Crippen molar-refractivity contribution >= 4 is 51.7 Å². The second-order valence-electron chi connectivity index (χ2n) is 5.65. The number of rotatable bonds is 8. The van der Waals surface area contributed by atoms with Crippen molar-refractivity contribution in [2.75, 3.05) is 44.7 Å². The lowest BCUT2D eigenvalue weighted by Crippen LogP contribution is -2.45. The molecule has 0 aromatic rings. The third-order valence-corrected chi connectivity index (χ3v) is 7.47. The van der Waals surface area contributed by atoms with Crippen LogP contribution in [0.5, 0.6) is 0 Å². The summed E-state index contributed by atoms with van der Waals surface area (Å²) in [7, 11) is -1.48. The van der Waals surface area contributed by atoms with Crippen LogP contribution in [0.15, 0.2) is 4.99 Å². The zero-order valence-corrected chi connectivity index (χ0v) is 18.6. The molecule has 1 saturated heterocycles. The van der Waals surface area contributed by atoms with Gasteiger partial charge in [-0.3, -0.25) is 4.99 Å². The van der Waals surface area contributed by atoms with E-state index in [0.717, 1.165) is 6.54 Å². The molecule has 6 nitrogen and oxygen atoms in total. The summed E-state index contributed by atoms with van der Waals surface area (Å²) in [6.07, 6.45) is 2.47. The fourth-order valence-corrected chi connectivity index (χ4v) is 5.16. The fraction of sp³-hybridized carbons (Fsp3) is 0.929. The molecule has 2 N–H and O–H groups in total. The molecule has 0 amide bonds. The van der Waals surface area contributed by atoms with Crippen LogP contribution in [0.1, 0.15) is 33.6 Å². The SMILES string of the molecule is CCN(CC)S(=O)(=O)CCNC(=NC)NCC1(C)CCCS1.I. The molecule has 0 radical (unpaired) electrons. The zero-order chi connectivity index (χ0) is 16.6. The first-order chi connectivity index (χ1) is 10.4. The van der Waals surface area contributed by atoms with E-state index < -0.39 is 10.0 Å². The predicted octanol–water partition coefficient (Wildman–Crippen LogP) is 1.73. The van der Waals surface area contributed by atoms with E-state index in [1.54, 1.807) is 7.05 Å². The third-order valence-electron chi connectivity index (χ3n) is 3.91. The summed E-state index contributed by atoms with van der Waals surface area (Å²) in [5.74, 6) is 1.97. The number of thioether (sulfide) groups is 1. The Balaban J connectivity index is 0.00000484. The Bertz CT molecular complexity index is 461. The molecule has 1 fully saturated rings. The standard InChI is InChI=1S/C14H30N4O2S2.HI/c1-5-18(6-2)22(19,20)11-9-16-13(15-4)17-12-14(3)8-7-10-21-14;/h5-12H2,1-4H3,(H2,15,16,17);1H. The van der Waals surface area contributed by atoms with Gasteiger partial charge in [0.1, 0.15) is 0 Å². The lowest BCUT2D eigenvalue weighted by molar-refractivity contribution is 0.445. The molecule has 1 heterocycles. The fourth-order valence-electron chi connectivity index (χ4n) is 2.51. The highest BCUT2D eigenvalue weighted by Crippen LogP contribution is 2.36. The van der Waals surface area contributed by atoms with E-state index in [4.69, 9.17) is 0 Å². The van der Waals surface area contributed by atoms with E-state index >= 15 is 0 Å². The number of nitrogens with zero attached hydrogens (tertiary/aromatic N) is 2. The molecule has 9 heteroatoms. The van der Waals surface area contributed by atoms with Gasteiger partial charge in [0, 0.05) is 38.0 Å². The van der Waals surface area contributed by atoms with Gasteiger partial charge in [-0.15, -0.1) is 24.0 Å². The van der Waals surface area contributed by atoms with Crippen LogP contribution in [0.2, 0.25) is 0 Å². The number of halogens is 1. The average Bonchev–Trinajstić information content (AvgIpc) is 2.90. The lowest BCUT2D eigenvalue weighted by Gasteiger charge is -2.24. The molecule has 0 spiro atoms. The van der Waals surface area contributed by atoms with E-state index in [1.807, 2.05) is 25.6 Å². The first kappa shape index (κ1) is 23.3. The van der Waals surface area contributed by atoms with Crippen LogP contribution in [0, 0.1) is 0 Å². The van der Waals surface area contributed by atoms with Crippen molar-refractivity contribution in [2.45, 2.75) is 38.4 Å². The number of hydrogen-bond acceptors (Lipinski definition) is 4. The minimum atomic E-state index is -3.19. The number of hydrogen-bond donors (Lipinski definition) is 2. The van der Waals surface area contributed by atoms with E-state index in [0.29, 0.717) is 25.6 Å². The van der Waals surface area contributed by atoms with Gasteiger partial charge in [-0.2, -0.15) is 11.8 Å². The van der Waals surface area contributed by atoms with E-state index in [1.165, 1.54) is 22.9 Å². The Morgan fingerprint density at radius 2 is 1.96 bits per heavy atom. The largest absolute Gasteiger partial charge is 0.355 e. The number of guanidine groups is 1. The smallest absolute Gasteiger partial charge is 0.215 e. The Morgan fingerprint density at radius 3 is 2.43 bits per heavy atom. The van der Waals surface area contributed by atoms with Gasteiger partial charge in [-0.05, 0) is 25.5 Å². The Hall–Kier alpha value is 0.260. The van der Waals surface area contributed by atoms with Crippen molar-refractivity contribution in [2.24, 2.45) is 4.99 Å². The van der Waals surface area contributed by atoms with Gasteiger partial charge in [0.05, 0.1) is 5.75 Å². The molecule has 1 atom stereocenters. The van der Waals surface area contributed by atoms with Crippen molar-refractivity contribution in [1.82, 2.24) is 14.9 Å². The highest BCUT2D eigenvalue weighted by atomic mass is 127. The van der Waals surface area contributed by atoms with Crippen molar-refractivity contribution in [3.05, 3.63) is 0 Å². The molecule has 0 aromatic heterocycles. The molecule has 0 saturated carbocycles. The van der Waals surface area contributed by atoms with E-state index in [9.17, 15) is 8.42 Å². The summed E-state index contributed by atoms with van der Waals surface area (Å²) in [6.45, 7) is 8.21. The quantitative estimate of drug-likeness (QED) is 0.316. The number of nitrogens with one attached hydrogen (secondary N) is 2. The maximum Gasteiger partial charge on any atom is 0.215 e. The molecule has 1 aliphatic heterocycles.